The largest absolute Gasteiger partial charge is 0.355 e. The standard InChI is InChI=1S/C21H39N5OS/c1-22-21(23-11-12-25(2)19-5-3-4-6-19)24-18-9-7-17(8-10-18)20(27)26-13-15-28-16-14-26/h17-19H,3-16H2,1-2H3,(H2,22,23,24). The van der Waals surface area contributed by atoms with Crippen LogP contribution in [0, 0.1) is 5.92 Å². The predicted molar refractivity (Wildman–Crippen MR) is 119 cm³/mol. The van der Waals surface area contributed by atoms with Crippen molar-refractivity contribution in [1.82, 2.24) is 20.4 Å². The Balaban J connectivity index is 1.33. The highest BCUT2D eigenvalue weighted by molar-refractivity contribution is 7.99. The Morgan fingerprint density at radius 1 is 1.11 bits per heavy atom. The summed E-state index contributed by atoms with van der Waals surface area (Å²) in [5, 5.41) is 7.06. The fourth-order valence-electron chi connectivity index (χ4n) is 4.79. The Bertz CT molecular complexity index is 509. The third-order valence-corrected chi connectivity index (χ3v) is 7.61. The van der Waals surface area contributed by atoms with E-state index in [0.29, 0.717) is 11.9 Å². The molecule has 1 aliphatic heterocycles. The Morgan fingerprint density at radius 2 is 1.79 bits per heavy atom. The Kier molecular flexibility index (Phi) is 8.77. The summed E-state index contributed by atoms with van der Waals surface area (Å²) in [5.74, 6) is 3.73. The molecule has 0 aromatic heterocycles. The topological polar surface area (TPSA) is 60.0 Å². The van der Waals surface area contributed by atoms with E-state index in [-0.39, 0.29) is 5.92 Å². The number of hydrogen-bond acceptors (Lipinski definition) is 4. The van der Waals surface area contributed by atoms with Gasteiger partial charge in [-0.2, -0.15) is 11.8 Å². The molecular formula is C21H39N5OS. The zero-order chi connectivity index (χ0) is 19.8. The molecule has 1 saturated heterocycles. The normalized spacial score (nSPS) is 27.2. The summed E-state index contributed by atoms with van der Waals surface area (Å²) in [6, 6.07) is 1.20. The van der Waals surface area contributed by atoms with Crippen molar-refractivity contribution in [3.63, 3.8) is 0 Å². The van der Waals surface area contributed by atoms with Gasteiger partial charge < -0.3 is 20.4 Å². The SMILES string of the molecule is CN=C(NCCN(C)C1CCCC1)NC1CCC(C(=O)N2CCSCC2)CC1. The number of nitrogens with zero attached hydrogens (tertiary/aromatic N) is 3. The Hall–Kier alpha value is -0.950. The highest BCUT2D eigenvalue weighted by Gasteiger charge is 2.30. The first-order chi connectivity index (χ1) is 13.7. The van der Waals surface area contributed by atoms with Gasteiger partial charge in [-0.05, 0) is 45.6 Å². The molecule has 2 saturated carbocycles. The van der Waals surface area contributed by atoms with Gasteiger partial charge in [0.25, 0.3) is 0 Å². The number of carbonyl (C=O) groups excluding carboxylic acids is 1. The van der Waals surface area contributed by atoms with Gasteiger partial charge in [0.1, 0.15) is 0 Å². The molecule has 160 valence electrons. The van der Waals surface area contributed by atoms with Gasteiger partial charge in [-0.25, -0.2) is 0 Å². The van der Waals surface area contributed by atoms with Crippen LogP contribution in [0.25, 0.3) is 0 Å². The van der Waals surface area contributed by atoms with E-state index in [1.54, 1.807) is 0 Å². The van der Waals surface area contributed by atoms with Crippen LogP contribution in [0.3, 0.4) is 0 Å². The molecule has 3 aliphatic rings. The summed E-state index contributed by atoms with van der Waals surface area (Å²) < 4.78 is 0. The third-order valence-electron chi connectivity index (χ3n) is 6.67. The van der Waals surface area contributed by atoms with Crippen LogP contribution < -0.4 is 10.6 Å². The fourth-order valence-corrected chi connectivity index (χ4v) is 5.70. The summed E-state index contributed by atoms with van der Waals surface area (Å²) >= 11 is 1.96. The third kappa shape index (κ3) is 6.28. The maximum atomic E-state index is 12.7. The number of rotatable bonds is 6. The van der Waals surface area contributed by atoms with E-state index in [9.17, 15) is 4.79 Å². The van der Waals surface area contributed by atoms with Gasteiger partial charge in [-0.1, -0.05) is 12.8 Å². The lowest BCUT2D eigenvalue weighted by atomic mass is 9.85. The van der Waals surface area contributed by atoms with Crippen LogP contribution in [0.15, 0.2) is 4.99 Å². The van der Waals surface area contributed by atoms with Crippen molar-refractivity contribution in [2.45, 2.75) is 63.5 Å². The van der Waals surface area contributed by atoms with E-state index in [1.807, 2.05) is 18.8 Å². The summed E-state index contributed by atoms with van der Waals surface area (Å²) in [4.78, 5) is 21.7. The lowest BCUT2D eigenvalue weighted by molar-refractivity contribution is -0.136. The lowest BCUT2D eigenvalue weighted by Gasteiger charge is -2.34. The number of guanidine groups is 1. The molecular weight excluding hydrogens is 370 g/mol. The van der Waals surface area contributed by atoms with Crippen molar-refractivity contribution in [2.24, 2.45) is 10.9 Å². The van der Waals surface area contributed by atoms with Crippen LogP contribution in [0.1, 0.15) is 51.4 Å². The second kappa shape index (κ2) is 11.3. The summed E-state index contributed by atoms with van der Waals surface area (Å²) in [5.41, 5.74) is 0. The first-order valence-electron chi connectivity index (χ1n) is 11.2. The smallest absolute Gasteiger partial charge is 0.225 e. The monoisotopic (exact) mass is 409 g/mol. The molecule has 28 heavy (non-hydrogen) atoms. The highest BCUT2D eigenvalue weighted by atomic mass is 32.2. The molecule has 7 heteroatoms. The van der Waals surface area contributed by atoms with Crippen molar-refractivity contribution in [3.8, 4) is 0 Å². The molecule has 0 unspecified atom stereocenters. The summed E-state index contributed by atoms with van der Waals surface area (Å²) in [6.07, 6.45) is 9.58. The van der Waals surface area contributed by atoms with E-state index in [1.165, 1.54) is 25.7 Å². The first-order valence-corrected chi connectivity index (χ1v) is 12.4. The molecule has 1 heterocycles. The van der Waals surface area contributed by atoms with E-state index >= 15 is 0 Å². The maximum absolute atomic E-state index is 12.7. The quantitative estimate of drug-likeness (QED) is 0.520. The number of thioether (sulfide) groups is 1. The van der Waals surface area contributed by atoms with Crippen LogP contribution in [0.5, 0.6) is 0 Å². The van der Waals surface area contributed by atoms with Gasteiger partial charge in [0, 0.05) is 62.7 Å². The van der Waals surface area contributed by atoms with Gasteiger partial charge >= 0.3 is 0 Å². The van der Waals surface area contributed by atoms with E-state index in [2.05, 4.69) is 32.5 Å². The van der Waals surface area contributed by atoms with E-state index < -0.39 is 0 Å². The summed E-state index contributed by atoms with van der Waals surface area (Å²) in [6.45, 7) is 3.86. The van der Waals surface area contributed by atoms with Crippen LogP contribution >= 0.6 is 11.8 Å². The molecule has 0 spiro atoms. The molecule has 0 atom stereocenters. The fraction of sp³-hybridized carbons (Fsp3) is 0.905. The molecule has 2 N–H and O–H groups in total. The van der Waals surface area contributed by atoms with Crippen LogP contribution in [0.4, 0.5) is 0 Å². The zero-order valence-corrected chi connectivity index (χ0v) is 18.6. The average molecular weight is 410 g/mol. The van der Waals surface area contributed by atoms with Crippen molar-refractivity contribution in [1.29, 1.82) is 0 Å². The van der Waals surface area contributed by atoms with E-state index in [0.717, 1.165) is 75.4 Å². The van der Waals surface area contributed by atoms with Crippen molar-refractivity contribution < 1.29 is 4.79 Å². The molecule has 0 bridgehead atoms. The van der Waals surface area contributed by atoms with E-state index in [4.69, 9.17) is 0 Å². The number of likely N-dealkylation sites (N-methyl/N-ethyl adjacent to an activating group) is 1. The number of aliphatic imine (C=N–C) groups is 1. The van der Waals surface area contributed by atoms with Crippen molar-refractivity contribution in [3.05, 3.63) is 0 Å². The number of carbonyl (C=O) groups is 1. The number of amides is 1. The second-order valence-electron chi connectivity index (χ2n) is 8.55. The van der Waals surface area contributed by atoms with Crippen LogP contribution in [0.2, 0.25) is 0 Å². The Morgan fingerprint density at radius 3 is 2.43 bits per heavy atom. The molecule has 0 radical (unpaired) electrons. The molecule has 2 aliphatic carbocycles. The molecule has 3 fully saturated rings. The maximum Gasteiger partial charge on any atom is 0.225 e. The molecule has 0 aromatic carbocycles. The molecule has 0 aromatic rings. The number of hydrogen-bond donors (Lipinski definition) is 2. The average Bonchev–Trinajstić information content (AvgIpc) is 3.28. The van der Waals surface area contributed by atoms with Gasteiger partial charge in [0.2, 0.25) is 5.91 Å². The Labute approximate surface area is 175 Å². The predicted octanol–water partition coefficient (Wildman–Crippen LogP) is 2.16. The minimum atomic E-state index is 0.233. The minimum absolute atomic E-state index is 0.233. The number of nitrogens with one attached hydrogen (secondary N) is 2. The van der Waals surface area contributed by atoms with Crippen molar-refractivity contribution >= 4 is 23.6 Å². The second-order valence-corrected chi connectivity index (χ2v) is 9.77. The van der Waals surface area contributed by atoms with Crippen LogP contribution in [-0.4, -0.2) is 85.5 Å². The lowest BCUT2D eigenvalue weighted by Crippen LogP contribution is -2.48. The molecule has 6 nitrogen and oxygen atoms in total. The van der Waals surface area contributed by atoms with Crippen molar-refractivity contribution in [2.75, 3.05) is 51.8 Å². The van der Waals surface area contributed by atoms with Gasteiger partial charge in [-0.3, -0.25) is 9.79 Å². The summed E-state index contributed by atoms with van der Waals surface area (Å²) in [7, 11) is 4.09. The molecule has 3 rings (SSSR count). The first kappa shape index (κ1) is 21.8. The van der Waals surface area contributed by atoms with Crippen LogP contribution in [-0.2, 0) is 4.79 Å². The molecule has 1 amide bonds. The van der Waals surface area contributed by atoms with Gasteiger partial charge in [-0.15, -0.1) is 0 Å². The van der Waals surface area contributed by atoms with Gasteiger partial charge in [0.15, 0.2) is 5.96 Å². The highest BCUT2D eigenvalue weighted by Crippen LogP contribution is 2.27. The minimum Gasteiger partial charge on any atom is -0.355 e. The van der Waals surface area contributed by atoms with Gasteiger partial charge in [0.05, 0.1) is 0 Å². The zero-order valence-electron chi connectivity index (χ0n) is 17.8.